The molecule has 0 radical (unpaired) electrons. The normalized spacial score (nSPS) is 50.9. The molecule has 10 atom stereocenters. The SMILES string of the molecule is N[C@H](O)C1O[C@](O)(CO)[C@@H](O)[C@@H]1OC1OC(CO)[C@@H](O)[C@H](O)[C@H]1O. The highest BCUT2D eigenvalue weighted by Crippen LogP contribution is 2.34. The first-order chi connectivity index (χ1) is 11.2. The van der Waals surface area contributed by atoms with E-state index in [0.717, 1.165) is 0 Å². The van der Waals surface area contributed by atoms with Gasteiger partial charge >= 0.3 is 0 Å². The molecular formula is C12H23NO11. The molecule has 2 saturated heterocycles. The molecule has 0 bridgehead atoms. The smallest absolute Gasteiger partial charge is 0.219 e. The molecule has 142 valence electrons. The van der Waals surface area contributed by atoms with E-state index in [1.807, 2.05) is 0 Å². The molecule has 0 saturated carbocycles. The molecule has 0 aromatic carbocycles. The summed E-state index contributed by atoms with van der Waals surface area (Å²) in [5, 5.41) is 77.0. The van der Waals surface area contributed by atoms with Crippen LogP contribution in [-0.2, 0) is 14.2 Å². The molecule has 10 N–H and O–H groups in total. The van der Waals surface area contributed by atoms with Crippen molar-refractivity contribution >= 4 is 0 Å². The standard InChI is InChI=1S/C12H23NO11/c13-10(20)8-7(9(19)12(21,2-15)24-8)23-11-6(18)5(17)4(16)3(1-14)22-11/h3-11,14-21H,1-2,13H2/t3?,4-,5+,6-,7-,8?,9+,10-,11?,12-/m1/s1. The highest BCUT2D eigenvalue weighted by atomic mass is 16.7. The molecule has 2 aliphatic heterocycles. The third-order valence-electron chi connectivity index (χ3n) is 4.14. The van der Waals surface area contributed by atoms with Gasteiger partial charge in [0.15, 0.2) is 6.29 Å². The summed E-state index contributed by atoms with van der Waals surface area (Å²) >= 11 is 0. The minimum absolute atomic E-state index is 0.696. The lowest BCUT2D eigenvalue weighted by molar-refractivity contribution is -0.319. The van der Waals surface area contributed by atoms with Gasteiger partial charge in [-0.1, -0.05) is 0 Å². The Hall–Kier alpha value is -0.480. The monoisotopic (exact) mass is 357 g/mol. The van der Waals surface area contributed by atoms with Gasteiger partial charge in [-0.2, -0.15) is 0 Å². The Morgan fingerprint density at radius 2 is 1.71 bits per heavy atom. The first-order valence-corrected chi connectivity index (χ1v) is 7.25. The van der Waals surface area contributed by atoms with Gasteiger partial charge in [0.25, 0.3) is 0 Å². The lowest BCUT2D eigenvalue weighted by Crippen LogP contribution is -2.61. The molecule has 0 aromatic heterocycles. The highest BCUT2D eigenvalue weighted by Gasteiger charge is 2.58. The Morgan fingerprint density at radius 1 is 1.08 bits per heavy atom. The molecule has 12 nitrogen and oxygen atoms in total. The first kappa shape index (κ1) is 19.8. The van der Waals surface area contributed by atoms with Crippen molar-refractivity contribution in [3.8, 4) is 0 Å². The molecule has 3 unspecified atom stereocenters. The van der Waals surface area contributed by atoms with E-state index in [4.69, 9.17) is 30.2 Å². The molecule has 0 spiro atoms. The van der Waals surface area contributed by atoms with Crippen molar-refractivity contribution in [2.75, 3.05) is 13.2 Å². The molecule has 0 amide bonds. The topological polar surface area (TPSA) is 216 Å². The van der Waals surface area contributed by atoms with E-state index >= 15 is 0 Å². The van der Waals surface area contributed by atoms with Crippen LogP contribution in [0, 0.1) is 0 Å². The van der Waals surface area contributed by atoms with Crippen molar-refractivity contribution in [2.45, 2.75) is 61.0 Å². The molecule has 0 aromatic rings. The number of hydrogen-bond donors (Lipinski definition) is 9. The van der Waals surface area contributed by atoms with E-state index in [2.05, 4.69) is 0 Å². The molecule has 2 fully saturated rings. The van der Waals surface area contributed by atoms with E-state index < -0.39 is 74.2 Å². The van der Waals surface area contributed by atoms with Crippen molar-refractivity contribution in [3.63, 3.8) is 0 Å². The number of ether oxygens (including phenoxy) is 3. The van der Waals surface area contributed by atoms with Crippen LogP contribution in [0.4, 0.5) is 0 Å². The van der Waals surface area contributed by atoms with Crippen LogP contribution in [0.1, 0.15) is 0 Å². The van der Waals surface area contributed by atoms with Crippen LogP contribution >= 0.6 is 0 Å². The average molecular weight is 357 g/mol. The fourth-order valence-electron chi connectivity index (χ4n) is 2.69. The molecule has 2 heterocycles. The number of rotatable bonds is 5. The Labute approximate surface area is 136 Å². The van der Waals surface area contributed by atoms with Gasteiger partial charge in [0.05, 0.1) is 13.2 Å². The van der Waals surface area contributed by atoms with Crippen molar-refractivity contribution in [3.05, 3.63) is 0 Å². The number of hydrogen-bond acceptors (Lipinski definition) is 12. The zero-order valence-electron chi connectivity index (χ0n) is 12.5. The Bertz CT molecular complexity index is 424. The van der Waals surface area contributed by atoms with Crippen LogP contribution < -0.4 is 5.73 Å². The second-order valence-electron chi connectivity index (χ2n) is 5.82. The van der Waals surface area contributed by atoms with E-state index in [1.54, 1.807) is 0 Å². The van der Waals surface area contributed by atoms with E-state index in [9.17, 15) is 30.6 Å². The maximum Gasteiger partial charge on any atom is 0.219 e. The zero-order valence-corrected chi connectivity index (χ0v) is 12.5. The summed E-state index contributed by atoms with van der Waals surface area (Å²) in [6, 6.07) is 0. The predicted octanol–water partition coefficient (Wildman–Crippen LogP) is -6.11. The van der Waals surface area contributed by atoms with Crippen LogP contribution in [0.2, 0.25) is 0 Å². The molecule has 12 heteroatoms. The summed E-state index contributed by atoms with van der Waals surface area (Å²) in [6.45, 7) is -1.73. The third-order valence-corrected chi connectivity index (χ3v) is 4.14. The fraction of sp³-hybridized carbons (Fsp3) is 1.00. The Kier molecular flexibility index (Phi) is 6.12. The summed E-state index contributed by atoms with van der Waals surface area (Å²) in [4.78, 5) is 0. The van der Waals surface area contributed by atoms with E-state index in [0.29, 0.717) is 0 Å². The van der Waals surface area contributed by atoms with Gasteiger partial charge in [-0.05, 0) is 0 Å². The van der Waals surface area contributed by atoms with Gasteiger partial charge in [0.1, 0.15) is 49.0 Å². The highest BCUT2D eigenvalue weighted by molar-refractivity contribution is 4.99. The summed E-state index contributed by atoms with van der Waals surface area (Å²) in [5.74, 6) is -2.47. The minimum atomic E-state index is -2.47. The number of nitrogens with two attached hydrogens (primary N) is 1. The number of aliphatic hydroxyl groups excluding tert-OH is 7. The van der Waals surface area contributed by atoms with Gasteiger partial charge < -0.3 is 60.8 Å². The van der Waals surface area contributed by atoms with Crippen molar-refractivity contribution in [1.82, 2.24) is 0 Å². The average Bonchev–Trinajstić information content (AvgIpc) is 2.81. The van der Waals surface area contributed by atoms with Crippen molar-refractivity contribution in [2.24, 2.45) is 5.73 Å². The van der Waals surface area contributed by atoms with Gasteiger partial charge in [0, 0.05) is 0 Å². The van der Waals surface area contributed by atoms with Gasteiger partial charge in [-0.15, -0.1) is 0 Å². The van der Waals surface area contributed by atoms with Crippen LogP contribution in [0.3, 0.4) is 0 Å². The van der Waals surface area contributed by atoms with E-state index in [1.165, 1.54) is 0 Å². The van der Waals surface area contributed by atoms with Crippen molar-refractivity contribution in [1.29, 1.82) is 0 Å². The van der Waals surface area contributed by atoms with Crippen LogP contribution in [0.5, 0.6) is 0 Å². The van der Waals surface area contributed by atoms with E-state index in [-0.39, 0.29) is 0 Å². The third kappa shape index (κ3) is 3.41. The largest absolute Gasteiger partial charge is 0.394 e. The van der Waals surface area contributed by atoms with Gasteiger partial charge in [-0.25, -0.2) is 0 Å². The quantitative estimate of drug-likeness (QED) is 0.210. The Balaban J connectivity index is 2.17. The lowest BCUT2D eigenvalue weighted by atomic mass is 9.98. The molecule has 2 aliphatic rings. The minimum Gasteiger partial charge on any atom is -0.394 e. The fourth-order valence-corrected chi connectivity index (χ4v) is 2.69. The van der Waals surface area contributed by atoms with Crippen LogP contribution in [0.25, 0.3) is 0 Å². The van der Waals surface area contributed by atoms with Gasteiger partial charge in [0.2, 0.25) is 5.79 Å². The van der Waals surface area contributed by atoms with Crippen LogP contribution in [0.15, 0.2) is 0 Å². The zero-order chi connectivity index (χ0) is 18.2. The first-order valence-electron chi connectivity index (χ1n) is 7.25. The van der Waals surface area contributed by atoms with Crippen molar-refractivity contribution < 1.29 is 55.1 Å². The Morgan fingerprint density at radius 3 is 2.21 bits per heavy atom. The number of aliphatic hydroxyl groups is 8. The summed E-state index contributed by atoms with van der Waals surface area (Å²) in [6.07, 6.45) is -14.7. The summed E-state index contributed by atoms with van der Waals surface area (Å²) in [5.41, 5.74) is 5.28. The molecule has 2 rings (SSSR count). The lowest BCUT2D eigenvalue weighted by Gasteiger charge is -2.41. The predicted molar refractivity (Wildman–Crippen MR) is 71.7 cm³/mol. The second-order valence-corrected chi connectivity index (χ2v) is 5.82. The van der Waals surface area contributed by atoms with Gasteiger partial charge in [-0.3, -0.25) is 0 Å². The maximum atomic E-state index is 10.1. The second kappa shape index (κ2) is 7.41. The summed E-state index contributed by atoms with van der Waals surface area (Å²) < 4.78 is 15.3. The molecule has 0 aliphatic carbocycles. The molecular weight excluding hydrogens is 334 g/mol. The maximum absolute atomic E-state index is 10.1. The molecule has 24 heavy (non-hydrogen) atoms. The summed E-state index contributed by atoms with van der Waals surface area (Å²) in [7, 11) is 0. The van der Waals surface area contributed by atoms with Crippen LogP contribution in [-0.4, -0.2) is 115 Å².